The summed E-state index contributed by atoms with van der Waals surface area (Å²) in [6, 6.07) is 8.95. The Kier molecular flexibility index (Phi) is 6.17. The first-order valence-corrected chi connectivity index (χ1v) is 10.8. The number of piperidine rings is 1. The number of guanidine groups is 1. The molecule has 29 heavy (non-hydrogen) atoms. The molecule has 6 nitrogen and oxygen atoms in total. The number of H-pyrrole nitrogens is 1. The van der Waals surface area contributed by atoms with E-state index in [2.05, 4.69) is 75.3 Å². The maximum Gasteiger partial charge on any atom is 0.193 e. The lowest BCUT2D eigenvalue weighted by Gasteiger charge is -2.39. The summed E-state index contributed by atoms with van der Waals surface area (Å²) in [6.07, 6.45) is 11.3. The number of rotatable bonds is 6. The Morgan fingerprint density at radius 3 is 3.07 bits per heavy atom. The number of para-hydroxylation sites is 1. The van der Waals surface area contributed by atoms with E-state index in [4.69, 9.17) is 4.99 Å². The second-order valence-electron chi connectivity index (χ2n) is 7.99. The molecular formula is C23H32N6. The van der Waals surface area contributed by atoms with Gasteiger partial charge in [-0.3, -0.25) is 4.99 Å². The Hall–Kier alpha value is -2.76. The number of fused-ring (bicyclic) bond motifs is 1. The van der Waals surface area contributed by atoms with Crippen molar-refractivity contribution in [3.63, 3.8) is 0 Å². The topological polar surface area (TPSA) is 61.2 Å². The van der Waals surface area contributed by atoms with Gasteiger partial charge in [-0.1, -0.05) is 25.1 Å². The van der Waals surface area contributed by atoms with Crippen molar-refractivity contribution in [1.29, 1.82) is 0 Å². The lowest BCUT2D eigenvalue weighted by Crippen LogP contribution is -2.49. The van der Waals surface area contributed by atoms with Crippen LogP contribution in [0.3, 0.4) is 0 Å². The molecule has 0 bridgehead atoms. The Balaban J connectivity index is 1.38. The molecule has 3 heterocycles. The normalized spacial score (nSPS) is 20.3. The maximum absolute atomic E-state index is 4.95. The lowest BCUT2D eigenvalue weighted by atomic mass is 9.93. The third-order valence-electron chi connectivity index (χ3n) is 6.00. The van der Waals surface area contributed by atoms with E-state index in [9.17, 15) is 0 Å². The van der Waals surface area contributed by atoms with Gasteiger partial charge in [0.15, 0.2) is 5.96 Å². The second kappa shape index (κ2) is 9.16. The number of hydrogen-bond acceptors (Lipinski definition) is 2. The van der Waals surface area contributed by atoms with Gasteiger partial charge in [-0.2, -0.15) is 0 Å². The Labute approximate surface area is 173 Å². The van der Waals surface area contributed by atoms with E-state index in [0.29, 0.717) is 12.0 Å². The molecule has 2 atom stereocenters. The highest BCUT2D eigenvalue weighted by Crippen LogP contribution is 2.27. The van der Waals surface area contributed by atoms with Crippen molar-refractivity contribution < 1.29 is 0 Å². The van der Waals surface area contributed by atoms with E-state index in [1.54, 1.807) is 0 Å². The number of likely N-dealkylation sites (tertiary alicyclic amines) is 1. The van der Waals surface area contributed by atoms with Crippen LogP contribution in [0, 0.1) is 5.92 Å². The Bertz CT molecular complexity index is 926. The number of hydrogen-bond donors (Lipinski definition) is 2. The zero-order valence-electron chi connectivity index (χ0n) is 17.5. The first-order valence-electron chi connectivity index (χ1n) is 10.8. The van der Waals surface area contributed by atoms with Crippen molar-refractivity contribution in [2.45, 2.75) is 39.2 Å². The fourth-order valence-electron chi connectivity index (χ4n) is 4.31. The predicted octanol–water partition coefficient (Wildman–Crippen LogP) is 3.85. The molecule has 1 aromatic carbocycles. The molecule has 1 aliphatic rings. The van der Waals surface area contributed by atoms with Gasteiger partial charge in [0.25, 0.3) is 0 Å². The highest BCUT2D eigenvalue weighted by atomic mass is 15.3. The van der Waals surface area contributed by atoms with Crippen LogP contribution in [0.2, 0.25) is 0 Å². The molecule has 3 aromatic rings. The Morgan fingerprint density at radius 2 is 2.24 bits per heavy atom. The van der Waals surface area contributed by atoms with Crippen LogP contribution in [0.1, 0.15) is 38.3 Å². The quantitative estimate of drug-likeness (QED) is 0.381. The van der Waals surface area contributed by atoms with Crippen molar-refractivity contribution in [1.82, 2.24) is 24.8 Å². The van der Waals surface area contributed by atoms with Crippen molar-refractivity contribution in [3.05, 3.63) is 54.7 Å². The molecule has 2 unspecified atom stereocenters. The van der Waals surface area contributed by atoms with Crippen LogP contribution in [-0.2, 0) is 6.42 Å². The molecule has 1 aliphatic heterocycles. The molecule has 4 rings (SSSR count). The molecular weight excluding hydrogens is 360 g/mol. The number of aromatic amines is 1. The number of nitrogens with one attached hydrogen (secondary N) is 2. The number of benzene rings is 1. The number of aromatic nitrogens is 3. The van der Waals surface area contributed by atoms with Crippen molar-refractivity contribution in [2.75, 3.05) is 26.2 Å². The molecule has 1 fully saturated rings. The third kappa shape index (κ3) is 4.47. The van der Waals surface area contributed by atoms with Gasteiger partial charge < -0.3 is 19.8 Å². The molecule has 154 valence electrons. The highest BCUT2D eigenvalue weighted by molar-refractivity contribution is 5.83. The minimum Gasteiger partial charge on any atom is -0.361 e. The van der Waals surface area contributed by atoms with Crippen LogP contribution in [0.5, 0.6) is 0 Å². The fourth-order valence-corrected chi connectivity index (χ4v) is 4.31. The number of nitrogens with zero attached hydrogens (tertiary/aromatic N) is 4. The van der Waals surface area contributed by atoms with Gasteiger partial charge in [-0.25, -0.2) is 4.98 Å². The summed E-state index contributed by atoms with van der Waals surface area (Å²) in [6.45, 7) is 8.24. The van der Waals surface area contributed by atoms with E-state index in [0.717, 1.165) is 45.0 Å². The number of aliphatic imine (C=N–C) groups is 1. The zero-order valence-corrected chi connectivity index (χ0v) is 17.5. The zero-order chi connectivity index (χ0) is 20.1. The SMILES string of the molecule is CCNC(=NCCCc1c[nH]c2ccccc12)N1CCC(C)C(n2ccnc2)C1. The fraction of sp³-hybridized carbons (Fsp3) is 0.478. The largest absolute Gasteiger partial charge is 0.361 e. The van der Waals surface area contributed by atoms with E-state index in [1.165, 1.54) is 22.9 Å². The van der Waals surface area contributed by atoms with Crippen LogP contribution < -0.4 is 5.32 Å². The minimum atomic E-state index is 0.446. The average molecular weight is 393 g/mol. The van der Waals surface area contributed by atoms with Crippen LogP contribution in [0.4, 0.5) is 0 Å². The average Bonchev–Trinajstić information content (AvgIpc) is 3.41. The van der Waals surface area contributed by atoms with Gasteiger partial charge in [0, 0.05) is 55.7 Å². The molecule has 0 aliphatic carbocycles. The molecule has 0 amide bonds. The van der Waals surface area contributed by atoms with Gasteiger partial charge in [0.05, 0.1) is 12.4 Å². The third-order valence-corrected chi connectivity index (χ3v) is 6.00. The standard InChI is InChI=1S/C23H32N6/c1-3-25-23(28-13-10-18(2)22(16-28)29-14-12-24-17-29)26-11-6-7-19-15-27-21-9-5-4-8-20(19)21/h4-5,8-9,12,14-15,17-18,22,27H,3,6-7,10-11,13,16H2,1-2H3,(H,25,26). The van der Waals surface area contributed by atoms with Crippen LogP contribution in [0.25, 0.3) is 10.9 Å². The lowest BCUT2D eigenvalue weighted by molar-refractivity contribution is 0.189. The summed E-state index contributed by atoms with van der Waals surface area (Å²) < 4.78 is 2.25. The monoisotopic (exact) mass is 392 g/mol. The molecule has 0 saturated carbocycles. The van der Waals surface area contributed by atoms with Gasteiger partial charge in [-0.05, 0) is 43.7 Å². The minimum absolute atomic E-state index is 0.446. The van der Waals surface area contributed by atoms with Gasteiger partial charge >= 0.3 is 0 Å². The summed E-state index contributed by atoms with van der Waals surface area (Å²) in [5.74, 6) is 1.69. The molecule has 0 radical (unpaired) electrons. The summed E-state index contributed by atoms with van der Waals surface area (Å²) in [5, 5.41) is 4.83. The van der Waals surface area contributed by atoms with E-state index in [-0.39, 0.29) is 0 Å². The summed E-state index contributed by atoms with van der Waals surface area (Å²) in [5.41, 5.74) is 2.60. The van der Waals surface area contributed by atoms with E-state index in [1.807, 2.05) is 12.5 Å². The first kappa shape index (κ1) is 19.6. The van der Waals surface area contributed by atoms with E-state index >= 15 is 0 Å². The van der Waals surface area contributed by atoms with Crippen molar-refractivity contribution >= 4 is 16.9 Å². The predicted molar refractivity (Wildman–Crippen MR) is 119 cm³/mol. The van der Waals surface area contributed by atoms with Gasteiger partial charge in [-0.15, -0.1) is 0 Å². The van der Waals surface area contributed by atoms with Crippen LogP contribution >= 0.6 is 0 Å². The van der Waals surface area contributed by atoms with Crippen molar-refractivity contribution in [3.8, 4) is 0 Å². The summed E-state index contributed by atoms with van der Waals surface area (Å²) in [7, 11) is 0. The highest BCUT2D eigenvalue weighted by Gasteiger charge is 2.28. The summed E-state index contributed by atoms with van der Waals surface area (Å²) >= 11 is 0. The smallest absolute Gasteiger partial charge is 0.193 e. The molecule has 0 spiro atoms. The first-order chi connectivity index (χ1) is 14.3. The molecule has 1 saturated heterocycles. The summed E-state index contributed by atoms with van der Waals surface area (Å²) in [4.78, 5) is 15.0. The van der Waals surface area contributed by atoms with Crippen LogP contribution in [-0.4, -0.2) is 51.6 Å². The Morgan fingerprint density at radius 1 is 1.34 bits per heavy atom. The molecule has 2 N–H and O–H groups in total. The van der Waals surface area contributed by atoms with Crippen LogP contribution in [0.15, 0.2) is 54.2 Å². The molecule has 2 aromatic heterocycles. The number of imidazole rings is 1. The van der Waals surface area contributed by atoms with E-state index < -0.39 is 0 Å². The van der Waals surface area contributed by atoms with Crippen molar-refractivity contribution in [2.24, 2.45) is 10.9 Å². The second-order valence-corrected chi connectivity index (χ2v) is 7.99. The van der Waals surface area contributed by atoms with Gasteiger partial charge in [0.2, 0.25) is 0 Å². The maximum atomic E-state index is 4.95. The van der Waals surface area contributed by atoms with Gasteiger partial charge in [0.1, 0.15) is 0 Å². The molecule has 6 heteroatoms. The number of aryl methyl sites for hydroxylation is 1.